The van der Waals surface area contributed by atoms with E-state index < -0.39 is 328 Å². The molecule has 0 aromatic carbocycles. The van der Waals surface area contributed by atoms with Gasteiger partial charge < -0.3 is 204 Å². The Bertz CT molecular complexity index is 2710. The summed E-state index contributed by atoms with van der Waals surface area (Å²) in [6, 6.07) is -4.89. The fourth-order valence-corrected chi connectivity index (χ4v) is 13.7. The monoisotopic (exact) mass is 1520 g/mol. The molecule has 25 N–H and O–H groups in total. The molecule has 0 radical (unpaired) electrons. The molecule has 0 spiro atoms. The Morgan fingerprint density at radius 1 is 0.433 bits per heavy atom. The first kappa shape index (κ1) is 86.0. The summed E-state index contributed by atoms with van der Waals surface area (Å²) < 4.78 is 94.0. The summed E-state index contributed by atoms with van der Waals surface area (Å²) in [5.74, 6) is -6.32. The second-order valence-electron chi connectivity index (χ2n) is 26.6. The van der Waals surface area contributed by atoms with Gasteiger partial charge in [0.2, 0.25) is 17.7 Å². The second kappa shape index (κ2) is 37.4. The Hall–Kier alpha value is -3.60. The quantitative estimate of drug-likeness (QED) is 0.0244. The highest BCUT2D eigenvalue weighted by Gasteiger charge is 2.61. The Kier molecular flexibility index (Phi) is 30.9. The molecule has 104 heavy (non-hydrogen) atoms. The van der Waals surface area contributed by atoms with Crippen molar-refractivity contribution in [1.82, 2.24) is 16.0 Å². The predicted octanol–water partition coefficient (Wildman–Crippen LogP) is -16.4. The van der Waals surface area contributed by atoms with Crippen molar-refractivity contribution in [2.75, 3.05) is 52.9 Å². The van der Waals surface area contributed by atoms with Crippen molar-refractivity contribution < 1.29 is 207 Å². The fourth-order valence-electron chi connectivity index (χ4n) is 13.7. The zero-order valence-corrected chi connectivity index (χ0v) is 56.5. The molecule has 8 saturated heterocycles. The topological polar surface area (TPSA) is 697 Å². The minimum absolute atomic E-state index is 0.231. The van der Waals surface area contributed by atoms with Gasteiger partial charge in [-0.3, -0.25) is 19.2 Å². The average Bonchev–Trinajstić information content (AvgIpc) is 0.762. The van der Waals surface area contributed by atoms with Gasteiger partial charge in [0.05, 0.1) is 83.6 Å². The van der Waals surface area contributed by atoms with Crippen molar-refractivity contribution in [2.45, 2.75) is 286 Å². The first-order chi connectivity index (χ1) is 49.2. The highest BCUT2D eigenvalue weighted by atomic mass is 16.9. The second-order valence-corrected chi connectivity index (χ2v) is 26.6. The van der Waals surface area contributed by atoms with Crippen LogP contribution in [0, 0.1) is 5.92 Å². The molecule has 8 aliphatic heterocycles. The zero-order chi connectivity index (χ0) is 76.8. The Morgan fingerprint density at radius 3 is 1.30 bits per heavy atom. The molecule has 41 atom stereocenters. The maximum atomic E-state index is 13.0. The summed E-state index contributed by atoms with van der Waals surface area (Å²) in [6.45, 7) is -2.68. The number of carbonyl (C=O) groups is 4. The van der Waals surface area contributed by atoms with Crippen LogP contribution in [0.2, 0.25) is 0 Å². The highest BCUT2D eigenvalue weighted by molar-refractivity contribution is 5.74. The van der Waals surface area contributed by atoms with Gasteiger partial charge in [-0.2, -0.15) is 0 Å². The van der Waals surface area contributed by atoms with Crippen LogP contribution in [-0.2, 0) is 95.0 Å². The van der Waals surface area contributed by atoms with E-state index in [1.807, 2.05) is 0 Å². The van der Waals surface area contributed by atoms with Crippen LogP contribution in [0.3, 0.4) is 0 Å². The number of carbonyl (C=O) groups excluding carboxylic acids is 4. The molecule has 45 nitrogen and oxygen atoms in total. The Balaban J connectivity index is 1.06. The van der Waals surface area contributed by atoms with Gasteiger partial charge >= 0.3 is 5.97 Å². The van der Waals surface area contributed by atoms with Crippen LogP contribution in [0.1, 0.15) is 41.0 Å². The van der Waals surface area contributed by atoms with Gasteiger partial charge in [0.1, 0.15) is 177 Å². The van der Waals surface area contributed by atoms with Crippen LogP contribution in [0.5, 0.6) is 0 Å². The largest absolute Gasteiger partial charge is 0.410 e. The van der Waals surface area contributed by atoms with Crippen LogP contribution in [0.25, 0.3) is 0 Å². The van der Waals surface area contributed by atoms with Crippen molar-refractivity contribution >= 4 is 24.2 Å². The van der Waals surface area contributed by atoms with E-state index in [0.717, 1.165) is 20.8 Å². The Labute approximate surface area is 590 Å². The van der Waals surface area contributed by atoms with Crippen LogP contribution in [-0.4, -0.2) is 434 Å². The number of hydrogen-bond acceptors (Lipinski definition) is 42. The van der Waals surface area contributed by atoms with Gasteiger partial charge in [0, 0.05) is 26.7 Å². The zero-order valence-electron chi connectivity index (χ0n) is 56.5. The maximum Gasteiger partial charge on any atom is 0.332 e. The molecule has 8 aliphatic rings. The minimum atomic E-state index is -2.83. The molecule has 8 rings (SSSR count). The van der Waals surface area contributed by atoms with E-state index in [-0.39, 0.29) is 6.47 Å². The molecule has 8 heterocycles. The van der Waals surface area contributed by atoms with Crippen LogP contribution >= 0.6 is 0 Å². The lowest BCUT2D eigenvalue weighted by atomic mass is 9.87. The lowest BCUT2D eigenvalue weighted by Crippen LogP contribution is -2.70. The van der Waals surface area contributed by atoms with Crippen molar-refractivity contribution in [1.29, 1.82) is 0 Å². The number of hydrogen-bond donors (Lipinski definition) is 25. The lowest BCUT2D eigenvalue weighted by Gasteiger charge is -2.51. The van der Waals surface area contributed by atoms with Crippen LogP contribution in [0.15, 0.2) is 0 Å². The number of nitrogens with one attached hydrogen (secondary N) is 3. The fraction of sp³-hybridized carbons (Fsp3) is 0.932. The third-order valence-corrected chi connectivity index (χ3v) is 19.3. The SMILES string of the molecule is CC(=O)NC1C(O)[C@H](O[C@@H]2OC(CO)[C@H](O)[C@H](O[C@]3(OC=O)C[C@@H](O)[C@@H](C)C(C(O)C(O)CO)O3)C2O)[C@H](CO)O[C@H]1OC1[C@@H](OCC2O[C@@H](O[C@@H]3C(CO)O[C@@H](O[C@@H]4C(CO)O[C@@H](C)C(NC(C)=O)[C@H]4O)C(NC(C)=O)[C@H]3O)C(O)[C@@H](O[C@H]3OC(CO)[C@@H](O)C(O)C3O)[C@@H]2O)OC(CO)[C@@H](O)[C@@H]1O. The van der Waals surface area contributed by atoms with E-state index in [4.69, 9.17) is 75.8 Å². The van der Waals surface area contributed by atoms with E-state index in [1.165, 1.54) is 13.8 Å². The summed E-state index contributed by atoms with van der Waals surface area (Å²) in [7, 11) is 0. The molecule has 0 saturated carbocycles. The van der Waals surface area contributed by atoms with Crippen LogP contribution in [0.4, 0.5) is 0 Å². The number of amides is 3. The molecule has 0 aromatic heterocycles. The molecule has 45 heteroatoms. The number of aliphatic hydroxyl groups is 22. The molecule has 0 bridgehead atoms. The van der Waals surface area contributed by atoms with Gasteiger partial charge in [-0.15, -0.1) is 0 Å². The Morgan fingerprint density at radius 2 is 0.817 bits per heavy atom. The highest BCUT2D eigenvalue weighted by Crippen LogP contribution is 2.42. The molecule has 18 unspecified atom stereocenters. The first-order valence-electron chi connectivity index (χ1n) is 33.4. The lowest BCUT2D eigenvalue weighted by molar-refractivity contribution is -0.448. The van der Waals surface area contributed by atoms with E-state index in [9.17, 15) is 132 Å². The molecular formula is C59H99N3O42. The van der Waals surface area contributed by atoms with Crippen LogP contribution < -0.4 is 16.0 Å². The van der Waals surface area contributed by atoms with Gasteiger partial charge in [0.25, 0.3) is 6.47 Å². The van der Waals surface area contributed by atoms with Gasteiger partial charge in [-0.05, 0) is 6.92 Å². The van der Waals surface area contributed by atoms with Gasteiger partial charge in [0.15, 0.2) is 37.7 Å². The molecule has 3 amide bonds. The third-order valence-electron chi connectivity index (χ3n) is 19.3. The van der Waals surface area contributed by atoms with E-state index in [1.54, 1.807) is 0 Å². The summed E-state index contributed by atoms with van der Waals surface area (Å²) in [5.41, 5.74) is 0. The van der Waals surface area contributed by atoms with E-state index in [2.05, 4.69) is 16.0 Å². The predicted molar refractivity (Wildman–Crippen MR) is 323 cm³/mol. The molecule has 0 aliphatic carbocycles. The normalized spacial score (nSPS) is 47.9. The minimum Gasteiger partial charge on any atom is -0.410 e. The van der Waals surface area contributed by atoms with Gasteiger partial charge in [-0.25, -0.2) is 0 Å². The summed E-state index contributed by atoms with van der Waals surface area (Å²) in [5, 5.41) is 251. The summed E-state index contributed by atoms with van der Waals surface area (Å²) >= 11 is 0. The maximum absolute atomic E-state index is 13.0. The smallest absolute Gasteiger partial charge is 0.332 e. The number of ether oxygens (including phenoxy) is 16. The average molecular weight is 1520 g/mol. The van der Waals surface area contributed by atoms with Gasteiger partial charge in [-0.1, -0.05) is 6.92 Å². The van der Waals surface area contributed by atoms with Crippen molar-refractivity contribution in [2.24, 2.45) is 5.92 Å². The van der Waals surface area contributed by atoms with Crippen molar-refractivity contribution in [3.05, 3.63) is 0 Å². The molecule has 0 aromatic rings. The third kappa shape index (κ3) is 18.9. The molecule has 8 fully saturated rings. The standard InChI is InChI=1S/C59H99N3O42/c1-16-21(74)6-59(90-15-70,103-46(16)33(76)22(75)7-63)104-51-36(79)25(10-66)93-57(45(51)88)100-49-28(13-69)96-54(32(40(49)83)62-20(5)73)102-52-42(85)35(78)24(9-65)94-58(52)89-14-29-37(80)50(101-55-43(86)41(84)34(77)23(8-64)92-55)44(87)56(97-29)99-48-27(12-68)95-53(31(39(48)82)61-19(4)72)98-47-26(11-67)91-17(2)30(38(47)81)60-18(3)71/h15-17,21-58,63-69,74-88H,6-14H2,1-5H3,(H,60,71)(H,61,72)(H,62,73)/t16-,17+,21-,22?,23?,24?,25?,26?,27?,28+,29?,30?,31?,32?,33?,34-,35-,36+,37-,38-,39-,40?,41?,42+,43?,44?,45?,46?,47-,48-,49-,50+,51+,52?,53+,54+,55-,56+,57+,58+,59+/m1/s1. The first-order valence-corrected chi connectivity index (χ1v) is 33.4. The van der Waals surface area contributed by atoms with E-state index >= 15 is 0 Å². The van der Waals surface area contributed by atoms with Crippen molar-refractivity contribution in [3.63, 3.8) is 0 Å². The summed E-state index contributed by atoms with van der Waals surface area (Å²) in [4.78, 5) is 49.9. The molecular weight excluding hydrogens is 1420 g/mol. The van der Waals surface area contributed by atoms with E-state index in [0.29, 0.717) is 0 Å². The number of rotatable bonds is 29. The summed E-state index contributed by atoms with van der Waals surface area (Å²) in [6.07, 6.45) is -72.0. The number of aliphatic hydroxyl groups excluding tert-OH is 22. The molecule has 602 valence electrons. The van der Waals surface area contributed by atoms with Crippen molar-refractivity contribution in [3.8, 4) is 0 Å².